The van der Waals surface area contributed by atoms with Crippen LogP contribution in [0, 0.1) is 6.92 Å². The molecule has 0 fully saturated rings. The number of rotatable bonds is 6. The largest absolute Gasteiger partial charge is 0.491 e. The summed E-state index contributed by atoms with van der Waals surface area (Å²) in [5.74, 6) is 0.752. The van der Waals surface area contributed by atoms with Crippen LogP contribution in [0.15, 0.2) is 41.7 Å². The van der Waals surface area contributed by atoms with Gasteiger partial charge in [0.25, 0.3) is 0 Å². The Morgan fingerprint density at radius 2 is 1.91 bits per heavy atom. The first kappa shape index (κ1) is 17.6. The number of alkyl halides is 3. The van der Waals surface area contributed by atoms with E-state index in [4.69, 9.17) is 4.74 Å². The Morgan fingerprint density at radius 1 is 1.22 bits per heavy atom. The zero-order valence-electron chi connectivity index (χ0n) is 12.2. The molecule has 0 aliphatic heterocycles. The van der Waals surface area contributed by atoms with Gasteiger partial charge in [-0.3, -0.25) is 0 Å². The predicted molar refractivity (Wildman–Crippen MR) is 80.4 cm³/mol. The number of aryl methyl sites for hydroxylation is 1. The summed E-state index contributed by atoms with van der Waals surface area (Å²) in [4.78, 5) is 7.17. The normalized spacial score (nSPS) is 12.9. The minimum Gasteiger partial charge on any atom is -0.491 e. The minimum atomic E-state index is -4.51. The van der Waals surface area contributed by atoms with Gasteiger partial charge in [-0.25, -0.2) is 9.97 Å². The third-order valence-electron chi connectivity index (χ3n) is 2.79. The molecule has 1 unspecified atom stereocenters. The molecule has 23 heavy (non-hydrogen) atoms. The first-order valence-electron chi connectivity index (χ1n) is 6.75. The first-order valence-corrected chi connectivity index (χ1v) is 7.74. The van der Waals surface area contributed by atoms with Crippen LogP contribution in [0.4, 0.5) is 13.2 Å². The molecular formula is C15H15F3N2O2S. The van der Waals surface area contributed by atoms with E-state index in [9.17, 15) is 18.3 Å². The van der Waals surface area contributed by atoms with Crippen molar-refractivity contribution in [3.05, 3.63) is 47.8 Å². The van der Waals surface area contributed by atoms with Crippen LogP contribution in [0.5, 0.6) is 5.75 Å². The van der Waals surface area contributed by atoms with E-state index < -0.39 is 18.0 Å². The number of nitrogens with zero attached hydrogens (tertiary/aromatic N) is 2. The van der Waals surface area contributed by atoms with E-state index in [-0.39, 0.29) is 17.5 Å². The standard InChI is InChI=1S/C15H15F3N2O2S/c1-10-2-4-12(5-3-10)22-8-11(21)9-23-14-19-7-6-13(20-14)15(16,17)18/h2-7,11,21H,8-9H2,1H3. The SMILES string of the molecule is Cc1ccc(OCC(O)CSc2nccc(C(F)(F)F)n2)cc1. The number of halogens is 3. The molecule has 1 heterocycles. The van der Waals surface area contributed by atoms with Gasteiger partial charge in [0, 0.05) is 11.9 Å². The van der Waals surface area contributed by atoms with Crippen molar-refractivity contribution >= 4 is 11.8 Å². The van der Waals surface area contributed by atoms with Crippen molar-refractivity contribution in [2.75, 3.05) is 12.4 Å². The summed E-state index contributed by atoms with van der Waals surface area (Å²) in [6.07, 6.45) is -4.31. The van der Waals surface area contributed by atoms with E-state index in [0.29, 0.717) is 5.75 Å². The predicted octanol–water partition coefficient (Wildman–Crippen LogP) is 3.34. The van der Waals surface area contributed by atoms with Crippen LogP contribution in [-0.4, -0.2) is 33.5 Å². The number of aliphatic hydroxyl groups is 1. The Labute approximate surface area is 135 Å². The third-order valence-corrected chi connectivity index (χ3v) is 3.80. The lowest BCUT2D eigenvalue weighted by atomic mass is 10.2. The van der Waals surface area contributed by atoms with Crippen LogP contribution in [0.1, 0.15) is 11.3 Å². The van der Waals surface area contributed by atoms with E-state index in [1.54, 1.807) is 12.1 Å². The molecule has 8 heteroatoms. The number of benzene rings is 1. The molecule has 1 aromatic heterocycles. The molecule has 1 atom stereocenters. The Balaban J connectivity index is 1.82. The smallest absolute Gasteiger partial charge is 0.433 e. The van der Waals surface area contributed by atoms with Gasteiger partial charge in [0.15, 0.2) is 5.16 Å². The summed E-state index contributed by atoms with van der Waals surface area (Å²) in [5, 5.41) is 9.80. The van der Waals surface area contributed by atoms with Crippen LogP contribution >= 0.6 is 11.8 Å². The molecular weight excluding hydrogens is 329 g/mol. The second-order valence-corrected chi connectivity index (χ2v) is 5.80. The molecule has 1 N–H and O–H groups in total. The van der Waals surface area contributed by atoms with Crippen LogP contribution < -0.4 is 4.74 Å². The van der Waals surface area contributed by atoms with Crippen molar-refractivity contribution in [1.82, 2.24) is 9.97 Å². The molecule has 2 rings (SSSR count). The van der Waals surface area contributed by atoms with Gasteiger partial charge in [0.05, 0.1) is 6.10 Å². The molecule has 124 valence electrons. The fraction of sp³-hybridized carbons (Fsp3) is 0.333. The highest BCUT2D eigenvalue weighted by Crippen LogP contribution is 2.28. The number of aliphatic hydroxyl groups excluding tert-OH is 1. The number of hydrogen-bond acceptors (Lipinski definition) is 5. The third kappa shape index (κ3) is 5.72. The van der Waals surface area contributed by atoms with Gasteiger partial charge in [-0.15, -0.1) is 0 Å². The van der Waals surface area contributed by atoms with Gasteiger partial charge >= 0.3 is 6.18 Å². The molecule has 0 spiro atoms. The van der Waals surface area contributed by atoms with Crippen molar-refractivity contribution in [1.29, 1.82) is 0 Å². The van der Waals surface area contributed by atoms with Gasteiger partial charge in [-0.1, -0.05) is 29.5 Å². The van der Waals surface area contributed by atoms with Gasteiger partial charge < -0.3 is 9.84 Å². The maximum Gasteiger partial charge on any atom is 0.433 e. The molecule has 0 aliphatic rings. The lowest BCUT2D eigenvalue weighted by Crippen LogP contribution is -2.20. The zero-order chi connectivity index (χ0) is 16.9. The van der Waals surface area contributed by atoms with Crippen LogP contribution in [0.3, 0.4) is 0 Å². The number of aromatic nitrogens is 2. The monoisotopic (exact) mass is 344 g/mol. The molecule has 0 saturated heterocycles. The number of ether oxygens (including phenoxy) is 1. The fourth-order valence-corrected chi connectivity index (χ4v) is 2.35. The van der Waals surface area contributed by atoms with Crippen molar-refractivity contribution in [2.24, 2.45) is 0 Å². The Bertz CT molecular complexity index is 635. The molecule has 0 saturated carbocycles. The van der Waals surface area contributed by atoms with Gasteiger partial charge in [0.2, 0.25) is 0 Å². The second kappa shape index (κ2) is 7.65. The maximum atomic E-state index is 12.5. The van der Waals surface area contributed by atoms with Crippen molar-refractivity contribution in [3.8, 4) is 5.75 Å². The number of thioether (sulfide) groups is 1. The minimum absolute atomic E-state index is 0.0331. The first-order chi connectivity index (χ1) is 10.8. The van der Waals surface area contributed by atoms with E-state index in [0.717, 1.165) is 29.6 Å². The van der Waals surface area contributed by atoms with Crippen LogP contribution in [0.25, 0.3) is 0 Å². The van der Waals surface area contributed by atoms with Gasteiger partial charge in [-0.2, -0.15) is 13.2 Å². The lowest BCUT2D eigenvalue weighted by Gasteiger charge is -2.12. The second-order valence-electron chi connectivity index (χ2n) is 4.81. The Kier molecular flexibility index (Phi) is 5.84. The molecule has 0 amide bonds. The Morgan fingerprint density at radius 3 is 2.57 bits per heavy atom. The van der Waals surface area contributed by atoms with E-state index in [2.05, 4.69) is 9.97 Å². The van der Waals surface area contributed by atoms with Crippen LogP contribution in [0.2, 0.25) is 0 Å². The van der Waals surface area contributed by atoms with E-state index in [1.165, 1.54) is 0 Å². The van der Waals surface area contributed by atoms with Crippen molar-refractivity contribution in [3.63, 3.8) is 0 Å². The molecule has 1 aromatic carbocycles. The summed E-state index contributed by atoms with van der Waals surface area (Å²) in [6.45, 7) is 1.99. The Hall–Kier alpha value is -1.80. The fourth-order valence-electron chi connectivity index (χ4n) is 1.61. The number of hydrogen-bond donors (Lipinski definition) is 1. The average molecular weight is 344 g/mol. The summed E-state index contributed by atoms with van der Waals surface area (Å²) in [7, 11) is 0. The van der Waals surface area contributed by atoms with E-state index >= 15 is 0 Å². The summed E-state index contributed by atoms with van der Waals surface area (Å²) < 4.78 is 43.0. The van der Waals surface area contributed by atoms with Crippen molar-refractivity contribution in [2.45, 2.75) is 24.4 Å². The highest BCUT2D eigenvalue weighted by atomic mass is 32.2. The molecule has 0 radical (unpaired) electrons. The molecule has 0 bridgehead atoms. The topological polar surface area (TPSA) is 55.2 Å². The average Bonchev–Trinajstić information content (AvgIpc) is 2.52. The summed E-state index contributed by atoms with van der Waals surface area (Å²) >= 11 is 0.944. The van der Waals surface area contributed by atoms with Crippen LogP contribution in [-0.2, 0) is 6.18 Å². The quantitative estimate of drug-likeness (QED) is 0.643. The van der Waals surface area contributed by atoms with E-state index in [1.807, 2.05) is 19.1 Å². The highest BCUT2D eigenvalue weighted by Gasteiger charge is 2.32. The van der Waals surface area contributed by atoms with Gasteiger partial charge in [0.1, 0.15) is 18.1 Å². The summed E-state index contributed by atoms with van der Waals surface area (Å²) in [6, 6.07) is 8.14. The summed E-state index contributed by atoms with van der Waals surface area (Å²) in [5.41, 5.74) is 0.0931. The molecule has 4 nitrogen and oxygen atoms in total. The zero-order valence-corrected chi connectivity index (χ0v) is 13.1. The maximum absolute atomic E-state index is 12.5. The molecule has 0 aliphatic carbocycles. The molecule has 2 aromatic rings. The lowest BCUT2D eigenvalue weighted by molar-refractivity contribution is -0.141. The van der Waals surface area contributed by atoms with Gasteiger partial charge in [-0.05, 0) is 25.1 Å². The highest BCUT2D eigenvalue weighted by molar-refractivity contribution is 7.99. The van der Waals surface area contributed by atoms with Crippen molar-refractivity contribution < 1.29 is 23.0 Å².